The van der Waals surface area contributed by atoms with Crippen molar-refractivity contribution in [2.45, 2.75) is 37.9 Å². The summed E-state index contributed by atoms with van der Waals surface area (Å²) in [5.41, 5.74) is 3.75. The van der Waals surface area contributed by atoms with Crippen LogP contribution in [0.3, 0.4) is 0 Å². The Bertz CT molecular complexity index is 1000. The first-order valence-corrected chi connectivity index (χ1v) is 12.9. The van der Waals surface area contributed by atoms with Crippen LogP contribution in [0.1, 0.15) is 37.8 Å². The van der Waals surface area contributed by atoms with Crippen LogP contribution in [0.15, 0.2) is 103 Å². The molecule has 1 saturated heterocycles. The molecule has 0 spiro atoms. The lowest BCUT2D eigenvalue weighted by molar-refractivity contribution is -0.120. The summed E-state index contributed by atoms with van der Waals surface area (Å²) in [5, 5.41) is 1.05. The molecule has 1 aliphatic rings. The van der Waals surface area contributed by atoms with Crippen molar-refractivity contribution < 1.29 is 9.53 Å². The maximum absolute atomic E-state index is 13.0. The largest absolute Gasteiger partial charge is 0.371 e. The third-order valence-corrected chi connectivity index (χ3v) is 9.34. The third-order valence-electron chi connectivity index (χ3n) is 6.04. The zero-order valence-electron chi connectivity index (χ0n) is 18.9. The fraction of sp³-hybridized carbons (Fsp3) is 0.276. The Morgan fingerprint density at radius 2 is 1.44 bits per heavy atom. The lowest BCUT2D eigenvalue weighted by Crippen LogP contribution is -2.36. The van der Waals surface area contributed by atoms with Crippen LogP contribution in [0.25, 0.3) is 0 Å². The second-order valence-corrected chi connectivity index (χ2v) is 11.0. The highest BCUT2D eigenvalue weighted by Crippen LogP contribution is 2.66. The van der Waals surface area contributed by atoms with Gasteiger partial charge < -0.3 is 4.74 Å². The van der Waals surface area contributed by atoms with Gasteiger partial charge in [0, 0.05) is 0 Å². The molecular weight excluding hydrogens is 411 g/mol. The lowest BCUT2D eigenvalue weighted by Gasteiger charge is -2.48. The zero-order chi connectivity index (χ0) is 22.4. The normalized spacial score (nSPS) is 19.2. The number of ether oxygens (including phenoxy) is 1. The minimum atomic E-state index is -0.620. The molecule has 164 valence electrons. The minimum Gasteiger partial charge on any atom is -0.371 e. The topological polar surface area (TPSA) is 26.3 Å². The van der Waals surface area contributed by atoms with Crippen LogP contribution in [0.5, 0.6) is 0 Å². The van der Waals surface area contributed by atoms with E-state index >= 15 is 0 Å². The van der Waals surface area contributed by atoms with Gasteiger partial charge in [-0.05, 0) is 60.9 Å². The smallest absolute Gasteiger partial charge is 0.181 e. The first-order chi connectivity index (χ1) is 15.6. The van der Waals surface area contributed by atoms with Crippen LogP contribution in [-0.4, -0.2) is 24.7 Å². The summed E-state index contributed by atoms with van der Waals surface area (Å²) in [6.07, 6.45) is 5.09. The van der Waals surface area contributed by atoms with Gasteiger partial charge in [-0.3, -0.25) is 4.79 Å². The molecule has 0 bridgehead atoms. The fourth-order valence-electron chi connectivity index (χ4n) is 4.75. The van der Waals surface area contributed by atoms with Gasteiger partial charge in [0.15, 0.2) is 5.78 Å². The van der Waals surface area contributed by atoms with Gasteiger partial charge in [0.25, 0.3) is 0 Å². The molecule has 0 amide bonds. The molecule has 3 heteroatoms. The zero-order valence-corrected chi connectivity index (χ0v) is 19.8. The number of allylic oxidation sites excluding steroid dienone is 1. The predicted octanol–water partition coefficient (Wildman–Crippen LogP) is 6.45. The van der Waals surface area contributed by atoms with Gasteiger partial charge in [-0.25, -0.2) is 0 Å². The van der Waals surface area contributed by atoms with Gasteiger partial charge in [-0.1, -0.05) is 98.9 Å². The van der Waals surface area contributed by atoms with Crippen LogP contribution in [0, 0.1) is 0 Å². The third kappa shape index (κ3) is 4.63. The molecule has 0 aliphatic carbocycles. The molecule has 3 aromatic carbocycles. The van der Waals surface area contributed by atoms with Crippen molar-refractivity contribution in [1.82, 2.24) is 0 Å². The monoisotopic (exact) mass is 442 g/mol. The molecule has 1 heterocycles. The average molecular weight is 443 g/mol. The maximum Gasteiger partial charge on any atom is 0.181 e. The lowest BCUT2D eigenvalue weighted by atomic mass is 9.80. The van der Waals surface area contributed by atoms with E-state index in [1.807, 2.05) is 19.9 Å². The Labute approximate surface area is 193 Å². The predicted molar refractivity (Wildman–Crippen MR) is 135 cm³/mol. The molecule has 0 radical (unpaired) electrons. The van der Waals surface area contributed by atoms with Crippen molar-refractivity contribution in [3.05, 3.63) is 114 Å². The molecule has 32 heavy (non-hydrogen) atoms. The summed E-state index contributed by atoms with van der Waals surface area (Å²) in [7, 11) is -0.620. The first-order valence-electron chi connectivity index (χ1n) is 11.4. The van der Waals surface area contributed by atoms with E-state index in [2.05, 4.69) is 91.0 Å². The van der Waals surface area contributed by atoms with E-state index in [1.165, 1.54) is 22.0 Å². The summed E-state index contributed by atoms with van der Waals surface area (Å²) >= 11 is 0. The minimum absolute atomic E-state index is 0.0400. The Hall–Kier alpha value is -2.54. The highest BCUT2D eigenvalue weighted by Gasteiger charge is 2.47. The number of carbonyl (C=O) groups excluding carboxylic acids is 1. The van der Waals surface area contributed by atoms with Crippen molar-refractivity contribution in [3.8, 4) is 0 Å². The molecule has 1 unspecified atom stereocenters. The Balaban J connectivity index is 1.95. The molecule has 0 saturated carbocycles. The average Bonchev–Trinajstić information content (AvgIpc) is 2.84. The number of ketones is 1. The summed E-state index contributed by atoms with van der Waals surface area (Å²) < 4.78 is 5.65. The van der Waals surface area contributed by atoms with Gasteiger partial charge in [-0.15, -0.1) is 0 Å². The number of hydrogen-bond donors (Lipinski definition) is 0. The molecule has 4 rings (SSSR count). The number of carbonyl (C=O) groups is 1. The van der Waals surface area contributed by atoms with E-state index in [-0.39, 0.29) is 23.7 Å². The fourth-order valence-corrected chi connectivity index (χ4v) is 8.18. The summed E-state index contributed by atoms with van der Waals surface area (Å²) in [5.74, 6) is 0.0508. The van der Waals surface area contributed by atoms with E-state index in [4.69, 9.17) is 4.74 Å². The van der Waals surface area contributed by atoms with Crippen LogP contribution in [-0.2, 0) is 14.7 Å². The second kappa shape index (κ2) is 10.4. The Morgan fingerprint density at radius 3 is 1.97 bits per heavy atom. The molecule has 1 aliphatic heterocycles. The van der Waals surface area contributed by atoms with E-state index < -0.39 is 7.92 Å². The SMILES string of the molecule is CC(C)OCC(=O)C=C1CCCP(c2ccccc2)C1(c1ccccc1)c1ccccc1. The standard InChI is InChI=1S/C29H31O2P/c1-23(2)31-22-27(30)21-26-17-12-20-32(28-18-10-5-11-19-28)29(26,24-13-6-3-7-14-24)25-15-8-4-9-16-25/h3-11,13-16,18-19,21,23H,12,17,20,22H2,1-2H3. The second-order valence-electron chi connectivity index (χ2n) is 8.53. The molecule has 0 N–H and O–H groups in total. The number of rotatable bonds is 7. The van der Waals surface area contributed by atoms with Crippen LogP contribution >= 0.6 is 7.92 Å². The van der Waals surface area contributed by atoms with E-state index in [1.54, 1.807) is 0 Å². The van der Waals surface area contributed by atoms with Crippen LogP contribution in [0.2, 0.25) is 0 Å². The first kappa shape index (κ1) is 22.6. The number of hydrogen-bond acceptors (Lipinski definition) is 2. The summed E-state index contributed by atoms with van der Waals surface area (Å²) in [6, 6.07) is 32.4. The Kier molecular flexibility index (Phi) is 7.35. The van der Waals surface area contributed by atoms with Gasteiger partial charge in [0.2, 0.25) is 0 Å². The van der Waals surface area contributed by atoms with E-state index in [0.29, 0.717) is 0 Å². The molecule has 3 aromatic rings. The molecule has 0 aromatic heterocycles. The van der Waals surface area contributed by atoms with Crippen molar-refractivity contribution >= 4 is 19.0 Å². The van der Waals surface area contributed by atoms with Crippen LogP contribution < -0.4 is 5.30 Å². The highest BCUT2D eigenvalue weighted by atomic mass is 31.1. The van der Waals surface area contributed by atoms with Gasteiger partial charge in [0.1, 0.15) is 6.61 Å². The molecule has 1 atom stereocenters. The summed E-state index contributed by atoms with van der Waals surface area (Å²) in [4.78, 5) is 13.0. The van der Waals surface area contributed by atoms with Crippen molar-refractivity contribution in [1.29, 1.82) is 0 Å². The van der Waals surface area contributed by atoms with E-state index in [0.717, 1.165) is 19.0 Å². The van der Waals surface area contributed by atoms with Crippen molar-refractivity contribution in [2.75, 3.05) is 12.8 Å². The van der Waals surface area contributed by atoms with Gasteiger partial charge >= 0.3 is 0 Å². The van der Waals surface area contributed by atoms with Crippen LogP contribution in [0.4, 0.5) is 0 Å². The summed E-state index contributed by atoms with van der Waals surface area (Å²) in [6.45, 7) is 4.06. The quantitative estimate of drug-likeness (QED) is 0.310. The molecule has 2 nitrogen and oxygen atoms in total. The van der Waals surface area contributed by atoms with E-state index in [9.17, 15) is 4.79 Å². The van der Waals surface area contributed by atoms with Gasteiger partial charge in [0.05, 0.1) is 11.3 Å². The number of benzene rings is 3. The Morgan fingerprint density at radius 1 is 0.906 bits per heavy atom. The maximum atomic E-state index is 13.0. The molecule has 1 fully saturated rings. The van der Waals surface area contributed by atoms with Gasteiger partial charge in [-0.2, -0.15) is 0 Å². The highest BCUT2D eigenvalue weighted by molar-refractivity contribution is 7.67. The van der Waals surface area contributed by atoms with Crippen molar-refractivity contribution in [3.63, 3.8) is 0 Å². The molecular formula is C29H31O2P. The van der Waals surface area contributed by atoms with Crippen molar-refractivity contribution in [2.24, 2.45) is 0 Å².